The monoisotopic (exact) mass is 323 g/mol. The second-order valence-corrected chi connectivity index (χ2v) is 6.23. The maximum absolute atomic E-state index is 5.84. The lowest BCUT2D eigenvalue weighted by atomic mass is 9.87. The maximum Gasteiger partial charge on any atom is 0.240 e. The Hall–Kier alpha value is -2.17. The molecule has 0 radical (unpaired) electrons. The summed E-state index contributed by atoms with van der Waals surface area (Å²) < 4.78 is 0. The van der Waals surface area contributed by atoms with E-state index in [0.29, 0.717) is 0 Å². The molecule has 0 unspecified atom stereocenters. The standard InChI is InChI=1S/C20H25N3O/c1-20(21-2,22-3)24-23-19-17-13-6-4-9-15(17)11-8-12-16-10-5-7-14-18(16)19/h4-7,9-10,13-14,21-22H,8,11-12H2,1-3H3. The molecule has 2 N–H and O–H groups in total. The molecule has 0 bridgehead atoms. The zero-order chi connectivity index (χ0) is 17.0. The first kappa shape index (κ1) is 16.7. The molecular weight excluding hydrogens is 298 g/mol. The van der Waals surface area contributed by atoms with E-state index in [1.54, 1.807) is 0 Å². The molecule has 2 aromatic carbocycles. The molecule has 0 spiro atoms. The van der Waals surface area contributed by atoms with Gasteiger partial charge in [0.15, 0.2) is 0 Å². The predicted octanol–water partition coefficient (Wildman–Crippen LogP) is 3.06. The summed E-state index contributed by atoms with van der Waals surface area (Å²) in [5.41, 5.74) is 5.85. The van der Waals surface area contributed by atoms with Crippen LogP contribution in [-0.4, -0.2) is 25.7 Å². The molecule has 0 aromatic heterocycles. The van der Waals surface area contributed by atoms with Crippen molar-refractivity contribution in [3.8, 4) is 0 Å². The molecule has 0 fully saturated rings. The Morgan fingerprint density at radius 1 is 0.875 bits per heavy atom. The van der Waals surface area contributed by atoms with Crippen molar-refractivity contribution < 1.29 is 4.84 Å². The molecule has 4 heteroatoms. The SMILES string of the molecule is CNC(C)(NC)ON=C1c2ccccc2CCCc2ccccc21. The molecule has 24 heavy (non-hydrogen) atoms. The topological polar surface area (TPSA) is 45.6 Å². The van der Waals surface area contributed by atoms with E-state index in [1.165, 1.54) is 11.1 Å². The number of aryl methyl sites for hydroxylation is 2. The van der Waals surface area contributed by atoms with Crippen LogP contribution in [0.25, 0.3) is 0 Å². The van der Waals surface area contributed by atoms with Gasteiger partial charge in [-0.1, -0.05) is 53.7 Å². The normalized spacial score (nSPS) is 14.2. The van der Waals surface area contributed by atoms with E-state index in [2.05, 4.69) is 64.3 Å². The van der Waals surface area contributed by atoms with Crippen molar-refractivity contribution >= 4 is 5.71 Å². The average molecular weight is 323 g/mol. The molecule has 2 aromatic rings. The maximum atomic E-state index is 5.84. The molecular formula is C20H25N3O. The summed E-state index contributed by atoms with van der Waals surface area (Å²) in [6, 6.07) is 17.0. The van der Waals surface area contributed by atoms with Crippen LogP contribution in [0.15, 0.2) is 53.7 Å². The van der Waals surface area contributed by atoms with E-state index in [1.807, 2.05) is 21.0 Å². The second kappa shape index (κ2) is 7.16. The summed E-state index contributed by atoms with van der Waals surface area (Å²) in [5, 5.41) is 10.8. The van der Waals surface area contributed by atoms with Gasteiger partial charge in [-0.15, -0.1) is 0 Å². The number of hydrogen-bond acceptors (Lipinski definition) is 4. The number of rotatable bonds is 4. The summed E-state index contributed by atoms with van der Waals surface area (Å²) in [6.45, 7) is 1.91. The average Bonchev–Trinajstić information content (AvgIpc) is 2.62. The molecule has 126 valence electrons. The van der Waals surface area contributed by atoms with E-state index in [0.717, 1.165) is 36.1 Å². The third-order valence-corrected chi connectivity index (χ3v) is 4.71. The van der Waals surface area contributed by atoms with E-state index in [9.17, 15) is 0 Å². The van der Waals surface area contributed by atoms with Gasteiger partial charge in [-0.25, -0.2) is 0 Å². The highest BCUT2D eigenvalue weighted by Crippen LogP contribution is 2.25. The van der Waals surface area contributed by atoms with E-state index >= 15 is 0 Å². The van der Waals surface area contributed by atoms with Gasteiger partial charge in [0.25, 0.3) is 0 Å². The summed E-state index contributed by atoms with van der Waals surface area (Å²) in [7, 11) is 3.69. The smallest absolute Gasteiger partial charge is 0.240 e. The molecule has 1 aliphatic rings. The zero-order valence-corrected chi connectivity index (χ0v) is 14.6. The molecule has 1 aliphatic carbocycles. The summed E-state index contributed by atoms with van der Waals surface area (Å²) in [5.74, 6) is -0.709. The van der Waals surface area contributed by atoms with Crippen LogP contribution in [0, 0.1) is 0 Å². The highest BCUT2D eigenvalue weighted by atomic mass is 16.7. The first-order chi connectivity index (χ1) is 11.7. The summed E-state index contributed by atoms with van der Waals surface area (Å²) in [6.07, 6.45) is 3.25. The van der Waals surface area contributed by atoms with Crippen LogP contribution in [0.3, 0.4) is 0 Å². The van der Waals surface area contributed by atoms with Crippen molar-refractivity contribution in [2.24, 2.45) is 5.16 Å². The number of oxime groups is 1. The number of benzene rings is 2. The quantitative estimate of drug-likeness (QED) is 0.671. The van der Waals surface area contributed by atoms with Crippen molar-refractivity contribution in [2.45, 2.75) is 32.0 Å². The Bertz CT molecular complexity index is 686. The first-order valence-corrected chi connectivity index (χ1v) is 8.47. The Kier molecular flexibility index (Phi) is 4.97. The van der Waals surface area contributed by atoms with Crippen LogP contribution >= 0.6 is 0 Å². The van der Waals surface area contributed by atoms with Crippen molar-refractivity contribution in [2.75, 3.05) is 14.1 Å². The third kappa shape index (κ3) is 3.35. The predicted molar refractivity (Wildman–Crippen MR) is 98.2 cm³/mol. The van der Waals surface area contributed by atoms with Crippen molar-refractivity contribution in [1.29, 1.82) is 0 Å². The van der Waals surface area contributed by atoms with Crippen molar-refractivity contribution in [1.82, 2.24) is 10.6 Å². The second-order valence-electron chi connectivity index (χ2n) is 6.23. The minimum absolute atomic E-state index is 0.709. The summed E-state index contributed by atoms with van der Waals surface area (Å²) >= 11 is 0. The van der Waals surface area contributed by atoms with Gasteiger partial charge in [-0.3, -0.25) is 10.6 Å². The number of hydrogen-bond donors (Lipinski definition) is 2. The van der Waals surface area contributed by atoms with Gasteiger partial charge in [-0.05, 0) is 44.5 Å². The number of nitrogens with one attached hydrogen (secondary N) is 2. The van der Waals surface area contributed by atoms with Gasteiger partial charge < -0.3 is 4.84 Å². The van der Waals surface area contributed by atoms with E-state index in [-0.39, 0.29) is 0 Å². The molecule has 0 heterocycles. The van der Waals surface area contributed by atoms with Crippen LogP contribution in [0.2, 0.25) is 0 Å². The van der Waals surface area contributed by atoms with Crippen LogP contribution < -0.4 is 10.6 Å². The fourth-order valence-corrected chi connectivity index (χ4v) is 3.00. The Morgan fingerprint density at radius 3 is 1.88 bits per heavy atom. The Labute approximate surface area is 143 Å². The van der Waals surface area contributed by atoms with E-state index < -0.39 is 5.85 Å². The summed E-state index contributed by atoms with van der Waals surface area (Å²) in [4.78, 5) is 5.84. The van der Waals surface area contributed by atoms with Crippen molar-refractivity contribution in [3.05, 3.63) is 70.8 Å². The lowest BCUT2D eigenvalue weighted by Crippen LogP contribution is -2.52. The lowest BCUT2D eigenvalue weighted by Gasteiger charge is -2.27. The van der Waals surface area contributed by atoms with E-state index in [4.69, 9.17) is 4.84 Å². The number of nitrogens with zero attached hydrogens (tertiary/aromatic N) is 1. The molecule has 4 nitrogen and oxygen atoms in total. The molecule has 0 amide bonds. The zero-order valence-electron chi connectivity index (χ0n) is 14.6. The fourth-order valence-electron chi connectivity index (χ4n) is 3.00. The molecule has 0 aliphatic heterocycles. The van der Waals surface area contributed by atoms with Gasteiger partial charge >= 0.3 is 0 Å². The molecule has 3 rings (SSSR count). The van der Waals surface area contributed by atoms with Gasteiger partial charge in [0, 0.05) is 18.1 Å². The molecule has 0 atom stereocenters. The molecule has 0 saturated heterocycles. The number of fused-ring (bicyclic) bond motifs is 2. The van der Waals surface area contributed by atoms with Gasteiger partial charge in [0.05, 0.1) is 0 Å². The van der Waals surface area contributed by atoms with Crippen molar-refractivity contribution in [3.63, 3.8) is 0 Å². The first-order valence-electron chi connectivity index (χ1n) is 8.47. The fraction of sp³-hybridized carbons (Fsp3) is 0.350. The van der Waals surface area contributed by atoms with Gasteiger partial charge in [0.1, 0.15) is 5.71 Å². The van der Waals surface area contributed by atoms with Gasteiger partial charge in [-0.2, -0.15) is 0 Å². The third-order valence-electron chi connectivity index (χ3n) is 4.71. The van der Waals surface area contributed by atoms with Crippen LogP contribution in [0.5, 0.6) is 0 Å². The minimum Gasteiger partial charge on any atom is -0.356 e. The highest BCUT2D eigenvalue weighted by Gasteiger charge is 2.23. The Morgan fingerprint density at radius 2 is 1.38 bits per heavy atom. The minimum atomic E-state index is -0.709. The van der Waals surface area contributed by atoms with Crippen LogP contribution in [0.1, 0.15) is 35.6 Å². The lowest BCUT2D eigenvalue weighted by molar-refractivity contribution is -0.0703. The van der Waals surface area contributed by atoms with Crippen LogP contribution in [-0.2, 0) is 17.7 Å². The largest absolute Gasteiger partial charge is 0.356 e. The van der Waals surface area contributed by atoms with Gasteiger partial charge in [0.2, 0.25) is 5.85 Å². The van der Waals surface area contributed by atoms with Crippen LogP contribution in [0.4, 0.5) is 0 Å². The molecule has 0 saturated carbocycles. The highest BCUT2D eigenvalue weighted by molar-refractivity contribution is 6.14. The Balaban J connectivity index is 2.12.